The van der Waals surface area contributed by atoms with Crippen LogP contribution in [0.25, 0.3) is 5.65 Å². The molecule has 1 aliphatic heterocycles. The smallest absolute Gasteiger partial charge is 0.200 e. The summed E-state index contributed by atoms with van der Waals surface area (Å²) < 4.78 is 14.9. The fourth-order valence-electron chi connectivity index (χ4n) is 1.66. The number of rotatable bonds is 1. The van der Waals surface area contributed by atoms with Crippen LogP contribution >= 0.6 is 0 Å². The van der Waals surface area contributed by atoms with E-state index in [2.05, 4.69) is 15.5 Å². The molecule has 72 valence electrons. The van der Waals surface area contributed by atoms with E-state index in [4.69, 9.17) is 0 Å². The predicted molar refractivity (Wildman–Crippen MR) is 48.6 cm³/mol. The Morgan fingerprint density at radius 2 is 2.21 bits per heavy atom. The summed E-state index contributed by atoms with van der Waals surface area (Å²) in [6.07, 6.45) is 0. The first-order chi connectivity index (χ1) is 6.86. The first-order valence-electron chi connectivity index (χ1n) is 4.56. The normalized spacial score (nSPS) is 17.2. The van der Waals surface area contributed by atoms with Gasteiger partial charge in [-0.05, 0) is 12.1 Å². The van der Waals surface area contributed by atoms with Crippen LogP contribution in [0.2, 0.25) is 0 Å². The monoisotopic (exact) mass is 192 g/mol. The first kappa shape index (κ1) is 7.87. The van der Waals surface area contributed by atoms with Crippen LogP contribution in [0.4, 0.5) is 4.39 Å². The molecule has 3 rings (SSSR count). The van der Waals surface area contributed by atoms with E-state index in [0.29, 0.717) is 11.6 Å². The van der Waals surface area contributed by atoms with Crippen molar-refractivity contribution in [2.24, 2.45) is 0 Å². The summed E-state index contributed by atoms with van der Waals surface area (Å²) in [5.41, 5.74) is 0.576. The maximum absolute atomic E-state index is 13.5. The standard InChI is InChI=1S/C9H9FN4/c10-7-2-1-3-8-12-13-9(14(7)8)6-4-11-5-6/h1-3,6,11H,4-5H2. The lowest BCUT2D eigenvalue weighted by Gasteiger charge is -2.25. The number of halogens is 1. The highest BCUT2D eigenvalue weighted by molar-refractivity contribution is 5.38. The Morgan fingerprint density at radius 1 is 1.36 bits per heavy atom. The summed E-state index contributed by atoms with van der Waals surface area (Å²) >= 11 is 0. The van der Waals surface area contributed by atoms with Crippen molar-refractivity contribution in [2.75, 3.05) is 13.1 Å². The zero-order valence-corrected chi connectivity index (χ0v) is 7.44. The highest BCUT2D eigenvalue weighted by atomic mass is 19.1. The third-order valence-corrected chi connectivity index (χ3v) is 2.55. The molecule has 1 fully saturated rings. The van der Waals surface area contributed by atoms with Gasteiger partial charge in [0.05, 0.1) is 0 Å². The van der Waals surface area contributed by atoms with Gasteiger partial charge in [0.25, 0.3) is 0 Å². The van der Waals surface area contributed by atoms with Crippen LogP contribution in [0.3, 0.4) is 0 Å². The molecule has 5 heteroatoms. The van der Waals surface area contributed by atoms with E-state index in [1.54, 1.807) is 12.1 Å². The van der Waals surface area contributed by atoms with Crippen molar-refractivity contribution >= 4 is 5.65 Å². The minimum Gasteiger partial charge on any atom is -0.315 e. The topological polar surface area (TPSA) is 42.2 Å². The van der Waals surface area contributed by atoms with Crippen molar-refractivity contribution in [1.82, 2.24) is 19.9 Å². The summed E-state index contributed by atoms with van der Waals surface area (Å²) in [4.78, 5) is 0. The highest BCUT2D eigenvalue weighted by Gasteiger charge is 2.24. The van der Waals surface area contributed by atoms with Gasteiger partial charge in [0.1, 0.15) is 5.82 Å². The van der Waals surface area contributed by atoms with Gasteiger partial charge in [-0.15, -0.1) is 10.2 Å². The van der Waals surface area contributed by atoms with Crippen molar-refractivity contribution in [3.05, 3.63) is 30.0 Å². The van der Waals surface area contributed by atoms with E-state index >= 15 is 0 Å². The minimum atomic E-state index is -0.297. The quantitative estimate of drug-likeness (QED) is 0.671. The molecular formula is C9H9FN4. The second-order valence-corrected chi connectivity index (χ2v) is 3.46. The molecule has 0 atom stereocenters. The summed E-state index contributed by atoms with van der Waals surface area (Å²) in [6, 6.07) is 4.82. The Hall–Kier alpha value is -1.49. The van der Waals surface area contributed by atoms with Crippen molar-refractivity contribution in [2.45, 2.75) is 5.92 Å². The van der Waals surface area contributed by atoms with E-state index in [1.165, 1.54) is 10.5 Å². The first-order valence-corrected chi connectivity index (χ1v) is 4.56. The van der Waals surface area contributed by atoms with Gasteiger partial charge in [-0.25, -0.2) is 0 Å². The molecule has 2 aromatic heterocycles. The Bertz CT molecular complexity index is 475. The lowest BCUT2D eigenvalue weighted by atomic mass is 10.0. The summed E-state index contributed by atoms with van der Waals surface area (Å²) in [6.45, 7) is 1.71. The molecular weight excluding hydrogens is 183 g/mol. The number of hydrogen-bond donors (Lipinski definition) is 1. The second kappa shape index (κ2) is 2.75. The van der Waals surface area contributed by atoms with Gasteiger partial charge in [-0.2, -0.15) is 4.39 Å². The minimum absolute atomic E-state index is 0.293. The van der Waals surface area contributed by atoms with E-state index in [0.717, 1.165) is 18.9 Å². The molecule has 3 heterocycles. The van der Waals surface area contributed by atoms with Gasteiger partial charge in [0, 0.05) is 19.0 Å². The SMILES string of the molecule is Fc1cccc2nnc(C3CNC3)n12. The predicted octanol–water partition coefficient (Wildman–Crippen LogP) is 0.555. The summed E-state index contributed by atoms with van der Waals surface area (Å²) in [5.74, 6) is 0.716. The third kappa shape index (κ3) is 0.957. The third-order valence-electron chi connectivity index (χ3n) is 2.55. The van der Waals surface area contributed by atoms with Crippen LogP contribution in [0, 0.1) is 5.95 Å². The van der Waals surface area contributed by atoms with Crippen LogP contribution < -0.4 is 5.32 Å². The molecule has 1 saturated heterocycles. The van der Waals surface area contributed by atoms with Gasteiger partial charge >= 0.3 is 0 Å². The zero-order valence-electron chi connectivity index (χ0n) is 7.44. The van der Waals surface area contributed by atoms with E-state index in [1.807, 2.05) is 0 Å². The summed E-state index contributed by atoms with van der Waals surface area (Å²) in [5, 5.41) is 11.1. The Morgan fingerprint density at radius 3 is 2.93 bits per heavy atom. The molecule has 4 nitrogen and oxygen atoms in total. The molecule has 1 N–H and O–H groups in total. The number of nitrogens with one attached hydrogen (secondary N) is 1. The fourth-order valence-corrected chi connectivity index (χ4v) is 1.66. The van der Waals surface area contributed by atoms with Gasteiger partial charge in [0.2, 0.25) is 5.95 Å². The molecule has 0 saturated carbocycles. The number of hydrogen-bond acceptors (Lipinski definition) is 3. The Kier molecular flexibility index (Phi) is 1.55. The highest BCUT2D eigenvalue weighted by Crippen LogP contribution is 2.19. The van der Waals surface area contributed by atoms with Gasteiger partial charge in [-0.1, -0.05) is 6.07 Å². The average molecular weight is 192 g/mol. The van der Waals surface area contributed by atoms with E-state index < -0.39 is 0 Å². The molecule has 2 aromatic rings. The molecule has 0 amide bonds. The van der Waals surface area contributed by atoms with Crippen LogP contribution in [-0.2, 0) is 0 Å². The van der Waals surface area contributed by atoms with Crippen molar-refractivity contribution in [3.63, 3.8) is 0 Å². The maximum Gasteiger partial charge on any atom is 0.200 e. The molecule has 14 heavy (non-hydrogen) atoms. The van der Waals surface area contributed by atoms with Crippen LogP contribution in [-0.4, -0.2) is 27.7 Å². The number of pyridine rings is 1. The molecule has 0 spiro atoms. The zero-order chi connectivity index (χ0) is 9.54. The van der Waals surface area contributed by atoms with Gasteiger partial charge in [-0.3, -0.25) is 4.40 Å². The average Bonchev–Trinajstić information content (AvgIpc) is 2.47. The lowest BCUT2D eigenvalue weighted by Crippen LogP contribution is -2.41. The number of aromatic nitrogens is 3. The van der Waals surface area contributed by atoms with E-state index in [9.17, 15) is 4.39 Å². The lowest BCUT2D eigenvalue weighted by molar-refractivity contribution is 0.418. The van der Waals surface area contributed by atoms with E-state index in [-0.39, 0.29) is 5.95 Å². The molecule has 0 bridgehead atoms. The largest absolute Gasteiger partial charge is 0.315 e. The molecule has 0 aromatic carbocycles. The van der Waals surface area contributed by atoms with Crippen LogP contribution in [0.1, 0.15) is 11.7 Å². The molecule has 1 aliphatic rings. The fraction of sp³-hybridized carbons (Fsp3) is 0.333. The van der Waals surface area contributed by atoms with Gasteiger partial charge in [0.15, 0.2) is 5.65 Å². The molecule has 0 unspecified atom stereocenters. The Labute approximate surface area is 79.8 Å². The van der Waals surface area contributed by atoms with Crippen LogP contribution in [0.15, 0.2) is 18.2 Å². The second-order valence-electron chi connectivity index (χ2n) is 3.46. The number of nitrogens with zero attached hydrogens (tertiary/aromatic N) is 3. The summed E-state index contributed by atoms with van der Waals surface area (Å²) in [7, 11) is 0. The van der Waals surface area contributed by atoms with Crippen molar-refractivity contribution < 1.29 is 4.39 Å². The maximum atomic E-state index is 13.5. The number of fused-ring (bicyclic) bond motifs is 1. The Balaban J connectivity index is 2.23. The van der Waals surface area contributed by atoms with Crippen LogP contribution in [0.5, 0.6) is 0 Å². The van der Waals surface area contributed by atoms with Gasteiger partial charge < -0.3 is 5.32 Å². The molecule has 0 aliphatic carbocycles. The molecule has 0 radical (unpaired) electrons. The van der Waals surface area contributed by atoms with Crippen molar-refractivity contribution in [3.8, 4) is 0 Å². The van der Waals surface area contributed by atoms with Crippen molar-refractivity contribution in [1.29, 1.82) is 0 Å².